The van der Waals surface area contributed by atoms with Crippen molar-refractivity contribution in [3.63, 3.8) is 0 Å². The predicted molar refractivity (Wildman–Crippen MR) is 107 cm³/mol. The molecule has 2 N–H and O–H groups in total. The SMILES string of the molecule is Cc1ccc(CN2C(=O)c3ccccc3NC2c2ccc(C(=O)O)cc2)cc1. The third kappa shape index (κ3) is 3.34. The van der Waals surface area contributed by atoms with Gasteiger partial charge in [0.25, 0.3) is 5.91 Å². The zero-order valence-corrected chi connectivity index (χ0v) is 15.4. The highest BCUT2D eigenvalue weighted by Crippen LogP contribution is 2.34. The van der Waals surface area contributed by atoms with E-state index < -0.39 is 5.97 Å². The summed E-state index contributed by atoms with van der Waals surface area (Å²) in [6.45, 7) is 2.48. The third-order valence-corrected chi connectivity index (χ3v) is 4.97. The van der Waals surface area contributed by atoms with Crippen molar-refractivity contribution >= 4 is 17.6 Å². The van der Waals surface area contributed by atoms with E-state index in [4.69, 9.17) is 5.11 Å². The van der Waals surface area contributed by atoms with E-state index in [-0.39, 0.29) is 17.6 Å². The highest BCUT2D eigenvalue weighted by molar-refractivity contribution is 6.01. The molecule has 4 rings (SSSR count). The molecule has 1 amide bonds. The Morgan fingerprint density at radius 1 is 1.00 bits per heavy atom. The Balaban J connectivity index is 1.73. The molecule has 1 atom stereocenters. The van der Waals surface area contributed by atoms with Gasteiger partial charge in [0.05, 0.1) is 11.1 Å². The fourth-order valence-corrected chi connectivity index (χ4v) is 3.42. The van der Waals surface area contributed by atoms with Crippen LogP contribution in [0.15, 0.2) is 72.8 Å². The van der Waals surface area contributed by atoms with Crippen molar-refractivity contribution in [1.29, 1.82) is 0 Å². The minimum absolute atomic E-state index is 0.0535. The number of carboxylic acid groups (broad SMARTS) is 1. The van der Waals surface area contributed by atoms with Crippen LogP contribution >= 0.6 is 0 Å². The van der Waals surface area contributed by atoms with E-state index in [9.17, 15) is 9.59 Å². The Hall–Kier alpha value is -3.60. The van der Waals surface area contributed by atoms with Crippen LogP contribution in [0.1, 0.15) is 43.6 Å². The van der Waals surface area contributed by atoms with E-state index in [0.29, 0.717) is 12.1 Å². The molecule has 0 aliphatic carbocycles. The Morgan fingerprint density at radius 3 is 2.36 bits per heavy atom. The molecule has 0 aromatic heterocycles. The van der Waals surface area contributed by atoms with E-state index in [1.54, 1.807) is 29.2 Å². The molecule has 0 radical (unpaired) electrons. The minimum atomic E-state index is -0.971. The Labute approximate surface area is 163 Å². The normalized spacial score (nSPS) is 15.7. The van der Waals surface area contributed by atoms with E-state index in [1.165, 1.54) is 0 Å². The molecule has 1 heterocycles. The first-order valence-electron chi connectivity index (χ1n) is 9.08. The lowest BCUT2D eigenvalue weighted by molar-refractivity contribution is 0.0662. The van der Waals surface area contributed by atoms with Crippen LogP contribution in [0.3, 0.4) is 0 Å². The van der Waals surface area contributed by atoms with Crippen LogP contribution in [0.4, 0.5) is 5.69 Å². The molecule has 0 spiro atoms. The summed E-state index contributed by atoms with van der Waals surface area (Å²) in [5.41, 5.74) is 4.66. The average molecular weight is 372 g/mol. The van der Waals surface area contributed by atoms with Crippen molar-refractivity contribution in [2.75, 3.05) is 5.32 Å². The van der Waals surface area contributed by atoms with Crippen molar-refractivity contribution < 1.29 is 14.7 Å². The molecule has 3 aromatic rings. The van der Waals surface area contributed by atoms with Gasteiger partial charge in [0.15, 0.2) is 0 Å². The van der Waals surface area contributed by atoms with E-state index in [2.05, 4.69) is 5.32 Å². The maximum absolute atomic E-state index is 13.2. The summed E-state index contributed by atoms with van der Waals surface area (Å²) in [5.74, 6) is -1.02. The number of para-hydroxylation sites is 1. The lowest BCUT2D eigenvalue weighted by atomic mass is 10.0. The van der Waals surface area contributed by atoms with Crippen molar-refractivity contribution in [1.82, 2.24) is 4.90 Å². The van der Waals surface area contributed by atoms with Crippen LogP contribution in [0.25, 0.3) is 0 Å². The van der Waals surface area contributed by atoms with Gasteiger partial charge in [-0.3, -0.25) is 4.79 Å². The Morgan fingerprint density at radius 2 is 1.68 bits per heavy atom. The van der Waals surface area contributed by atoms with Crippen molar-refractivity contribution in [2.24, 2.45) is 0 Å². The first kappa shape index (κ1) is 17.8. The molecule has 1 unspecified atom stereocenters. The summed E-state index contributed by atoms with van der Waals surface area (Å²) in [4.78, 5) is 26.2. The molecule has 3 aromatic carbocycles. The van der Waals surface area contributed by atoms with Crippen molar-refractivity contribution in [3.8, 4) is 0 Å². The monoisotopic (exact) mass is 372 g/mol. The molecule has 5 heteroatoms. The minimum Gasteiger partial charge on any atom is -0.478 e. The van der Waals surface area contributed by atoms with Gasteiger partial charge in [-0.25, -0.2) is 4.79 Å². The van der Waals surface area contributed by atoms with Crippen LogP contribution in [0, 0.1) is 6.92 Å². The number of nitrogens with one attached hydrogen (secondary N) is 1. The second kappa shape index (κ2) is 7.19. The van der Waals surface area contributed by atoms with Crippen LogP contribution in [0.5, 0.6) is 0 Å². The van der Waals surface area contributed by atoms with Gasteiger partial charge in [-0.1, -0.05) is 54.1 Å². The quantitative estimate of drug-likeness (QED) is 0.709. The molecule has 0 saturated heterocycles. The fourth-order valence-electron chi connectivity index (χ4n) is 3.42. The second-order valence-electron chi connectivity index (χ2n) is 6.94. The number of hydrogen-bond acceptors (Lipinski definition) is 3. The van der Waals surface area contributed by atoms with Crippen LogP contribution in [-0.4, -0.2) is 21.9 Å². The molecule has 1 aliphatic rings. The highest BCUT2D eigenvalue weighted by atomic mass is 16.4. The molecular weight excluding hydrogens is 352 g/mol. The number of carbonyl (C=O) groups is 2. The summed E-state index contributed by atoms with van der Waals surface area (Å²) in [6, 6.07) is 22.2. The molecule has 0 bridgehead atoms. The number of nitrogens with zero attached hydrogens (tertiary/aromatic N) is 1. The summed E-state index contributed by atoms with van der Waals surface area (Å²) in [5, 5.41) is 12.6. The number of anilines is 1. The number of benzene rings is 3. The van der Waals surface area contributed by atoms with Gasteiger partial charge in [0, 0.05) is 12.2 Å². The number of rotatable bonds is 4. The van der Waals surface area contributed by atoms with Crippen molar-refractivity contribution in [3.05, 3.63) is 101 Å². The summed E-state index contributed by atoms with van der Waals surface area (Å²) < 4.78 is 0. The van der Waals surface area contributed by atoms with Gasteiger partial charge in [-0.05, 0) is 42.3 Å². The summed E-state index contributed by atoms with van der Waals surface area (Å²) in [6.07, 6.45) is -0.383. The van der Waals surface area contributed by atoms with Gasteiger partial charge in [-0.15, -0.1) is 0 Å². The highest BCUT2D eigenvalue weighted by Gasteiger charge is 2.32. The molecule has 0 saturated carbocycles. The maximum atomic E-state index is 13.2. The number of amides is 1. The van der Waals surface area contributed by atoms with Crippen LogP contribution in [-0.2, 0) is 6.54 Å². The Kier molecular flexibility index (Phi) is 4.57. The standard InChI is InChI=1S/C23H20N2O3/c1-15-6-8-16(9-7-15)14-25-21(17-10-12-18(13-11-17)23(27)28)24-20-5-3-2-4-19(20)22(25)26/h2-13,21,24H,14H2,1H3,(H,27,28). The van der Waals surface area contributed by atoms with E-state index in [0.717, 1.165) is 22.4 Å². The lowest BCUT2D eigenvalue weighted by Gasteiger charge is -2.38. The molecule has 140 valence electrons. The average Bonchev–Trinajstić information content (AvgIpc) is 2.71. The molecular formula is C23H20N2O3. The first-order valence-corrected chi connectivity index (χ1v) is 9.08. The number of carbonyl (C=O) groups excluding carboxylic acids is 1. The van der Waals surface area contributed by atoms with Gasteiger partial charge in [0.1, 0.15) is 6.17 Å². The lowest BCUT2D eigenvalue weighted by Crippen LogP contribution is -2.42. The van der Waals surface area contributed by atoms with Gasteiger partial charge in [-0.2, -0.15) is 0 Å². The van der Waals surface area contributed by atoms with E-state index >= 15 is 0 Å². The number of aromatic carboxylic acids is 1. The Bertz CT molecular complexity index is 1030. The molecule has 5 nitrogen and oxygen atoms in total. The largest absolute Gasteiger partial charge is 0.478 e. The number of aryl methyl sites for hydroxylation is 1. The second-order valence-corrected chi connectivity index (χ2v) is 6.94. The fraction of sp³-hybridized carbons (Fsp3) is 0.130. The van der Waals surface area contributed by atoms with Gasteiger partial charge >= 0.3 is 5.97 Å². The smallest absolute Gasteiger partial charge is 0.335 e. The third-order valence-electron chi connectivity index (χ3n) is 4.97. The zero-order valence-electron chi connectivity index (χ0n) is 15.4. The molecule has 1 aliphatic heterocycles. The number of hydrogen-bond donors (Lipinski definition) is 2. The maximum Gasteiger partial charge on any atom is 0.335 e. The predicted octanol–water partition coefficient (Wildman–Crippen LogP) is 4.46. The number of fused-ring (bicyclic) bond motifs is 1. The van der Waals surface area contributed by atoms with Crippen molar-refractivity contribution in [2.45, 2.75) is 19.6 Å². The zero-order chi connectivity index (χ0) is 19.7. The van der Waals surface area contributed by atoms with E-state index in [1.807, 2.05) is 55.5 Å². The van der Waals surface area contributed by atoms with Crippen LogP contribution in [0.2, 0.25) is 0 Å². The topological polar surface area (TPSA) is 69.6 Å². The summed E-state index contributed by atoms with van der Waals surface area (Å²) >= 11 is 0. The number of carboxylic acids is 1. The molecule has 28 heavy (non-hydrogen) atoms. The summed E-state index contributed by atoms with van der Waals surface area (Å²) in [7, 11) is 0. The first-order chi connectivity index (χ1) is 13.5. The van der Waals surface area contributed by atoms with Gasteiger partial charge < -0.3 is 15.3 Å². The molecule has 0 fully saturated rings. The van der Waals surface area contributed by atoms with Gasteiger partial charge in [0.2, 0.25) is 0 Å². The van der Waals surface area contributed by atoms with Crippen LogP contribution < -0.4 is 5.32 Å².